The van der Waals surface area contributed by atoms with Crippen LogP contribution in [0.15, 0.2) is 122 Å². The number of carbonyl (C=O) groups excluding carboxylic acids is 3. The second kappa shape index (κ2) is 15.6. The summed E-state index contributed by atoms with van der Waals surface area (Å²) in [6.07, 6.45) is 6.95. The smallest absolute Gasteiger partial charge is 0.408 e. The van der Waals surface area contributed by atoms with Gasteiger partial charge in [-0.3, -0.25) is 9.59 Å². The summed E-state index contributed by atoms with van der Waals surface area (Å²) >= 11 is 0. The highest BCUT2D eigenvalue weighted by Gasteiger charge is 2.57. The third-order valence-electron chi connectivity index (χ3n) is 13.3. The molecular formula is C49H46N8O6. The van der Waals surface area contributed by atoms with E-state index in [2.05, 4.69) is 57.0 Å². The number of nitrogens with one attached hydrogen (secondary N) is 4. The van der Waals surface area contributed by atoms with Gasteiger partial charge in [0.1, 0.15) is 29.8 Å². The van der Waals surface area contributed by atoms with Crippen LogP contribution in [0.3, 0.4) is 0 Å². The van der Waals surface area contributed by atoms with Crippen LogP contribution in [0.25, 0.3) is 33.6 Å². The predicted molar refractivity (Wildman–Crippen MR) is 231 cm³/mol. The van der Waals surface area contributed by atoms with E-state index in [1.807, 2.05) is 70.7 Å². The molecule has 3 saturated carbocycles. The van der Waals surface area contributed by atoms with Gasteiger partial charge in [-0.2, -0.15) is 0 Å². The fourth-order valence-electron chi connectivity index (χ4n) is 9.80. The molecule has 11 rings (SSSR count). The lowest BCUT2D eigenvalue weighted by Gasteiger charge is -2.30. The number of amides is 4. The third kappa shape index (κ3) is 7.59. The number of rotatable bonds is 12. The number of nitrogens with zero attached hydrogens (tertiary/aromatic N) is 4. The summed E-state index contributed by atoms with van der Waals surface area (Å²) in [5, 5.41) is 14.9. The third-order valence-corrected chi connectivity index (χ3v) is 13.3. The molecule has 6 aromatic rings. The first-order chi connectivity index (χ1) is 30.8. The van der Waals surface area contributed by atoms with Gasteiger partial charge in [0.15, 0.2) is 0 Å². The number of hydrogen-bond acceptors (Lipinski definition) is 7. The number of alkyl carbamates (subject to hydrolysis) is 1. The van der Waals surface area contributed by atoms with Crippen molar-refractivity contribution in [1.29, 1.82) is 0 Å². The molecule has 318 valence electrons. The molecule has 0 radical (unpaired) electrons. The van der Waals surface area contributed by atoms with Crippen LogP contribution in [0.4, 0.5) is 9.59 Å². The van der Waals surface area contributed by atoms with Crippen LogP contribution < -0.4 is 10.6 Å². The summed E-state index contributed by atoms with van der Waals surface area (Å²) in [5.41, 5.74) is 6.92. The van der Waals surface area contributed by atoms with E-state index in [-0.39, 0.29) is 42.1 Å². The molecule has 2 saturated heterocycles. The Bertz CT molecular complexity index is 2680. The fraction of sp³-hybridized carbons (Fsp3) is 0.306. The highest BCUT2D eigenvalue weighted by Crippen LogP contribution is 2.55. The Morgan fingerprint density at radius 2 is 1.17 bits per heavy atom. The molecule has 14 heteroatoms. The van der Waals surface area contributed by atoms with Gasteiger partial charge in [0.2, 0.25) is 0 Å². The number of hydrogen-bond donors (Lipinski definition) is 5. The summed E-state index contributed by atoms with van der Waals surface area (Å²) in [6.45, 7) is 0. The average Bonchev–Trinajstić information content (AvgIpc) is 4.24. The van der Waals surface area contributed by atoms with Gasteiger partial charge in [-0.25, -0.2) is 19.6 Å². The minimum atomic E-state index is -1.25. The minimum absolute atomic E-state index is 0.0727. The van der Waals surface area contributed by atoms with E-state index in [1.54, 1.807) is 24.3 Å². The van der Waals surface area contributed by atoms with Gasteiger partial charge < -0.3 is 40.2 Å². The van der Waals surface area contributed by atoms with Gasteiger partial charge in [0.25, 0.3) is 11.8 Å². The number of ether oxygens (including phenoxy) is 1. The Balaban J connectivity index is 0.764. The van der Waals surface area contributed by atoms with Crippen LogP contribution in [0.5, 0.6) is 0 Å². The Morgan fingerprint density at radius 3 is 1.73 bits per heavy atom. The first-order valence-corrected chi connectivity index (χ1v) is 21.8. The Kier molecular flexibility index (Phi) is 9.58. The quantitative estimate of drug-likeness (QED) is 0.0818. The molecule has 4 heterocycles. The van der Waals surface area contributed by atoms with Gasteiger partial charge in [0, 0.05) is 23.8 Å². The average molecular weight is 843 g/mol. The number of imidazole rings is 2. The number of H-pyrrole nitrogens is 2. The molecule has 14 nitrogen and oxygen atoms in total. The minimum Gasteiger partial charge on any atom is -0.465 e. The summed E-state index contributed by atoms with van der Waals surface area (Å²) < 4.78 is 5.47. The van der Waals surface area contributed by atoms with E-state index in [1.165, 1.54) is 0 Å². The van der Waals surface area contributed by atoms with Crippen molar-refractivity contribution in [3.63, 3.8) is 0 Å². The first kappa shape index (κ1) is 38.7. The highest BCUT2D eigenvalue weighted by molar-refractivity contribution is 5.89. The SMILES string of the molecule is O=C(O)N[C@@H](C(=O)N1[C@@H]2C[C@@H]2C[C@H]1c1nc(-c2ccc(-c3ccc(-c4cnc([C@@H]5C[C@@H]6C[C@H]6N5C(=O)[C@H](NC(=O)OC5CC5)c5ccccc5)[nH]4)cc3)cc2)c[nH]1)c1ccccc1. The van der Waals surface area contributed by atoms with E-state index in [0.29, 0.717) is 28.8 Å². The normalized spacial score (nSPS) is 23.9. The second-order valence-electron chi connectivity index (χ2n) is 17.5. The van der Waals surface area contributed by atoms with Gasteiger partial charge >= 0.3 is 12.2 Å². The topological polar surface area (TPSA) is 186 Å². The van der Waals surface area contributed by atoms with E-state index >= 15 is 0 Å². The Hall–Kier alpha value is -7.22. The molecule has 0 unspecified atom stereocenters. The molecule has 2 aromatic heterocycles. The maximum Gasteiger partial charge on any atom is 0.408 e. The largest absolute Gasteiger partial charge is 0.465 e. The second-order valence-corrected chi connectivity index (χ2v) is 17.5. The number of carboxylic acid groups (broad SMARTS) is 1. The van der Waals surface area contributed by atoms with Crippen LogP contribution in [-0.2, 0) is 14.3 Å². The molecule has 5 fully saturated rings. The summed E-state index contributed by atoms with van der Waals surface area (Å²) in [5.74, 6) is 1.79. The van der Waals surface area contributed by atoms with E-state index < -0.39 is 24.3 Å². The van der Waals surface area contributed by atoms with E-state index in [4.69, 9.17) is 14.7 Å². The predicted octanol–water partition coefficient (Wildman–Crippen LogP) is 8.10. The van der Waals surface area contributed by atoms with Gasteiger partial charge in [0.05, 0.1) is 29.7 Å². The lowest BCUT2D eigenvalue weighted by Crippen LogP contribution is -2.44. The summed E-state index contributed by atoms with van der Waals surface area (Å²) in [4.78, 5) is 73.2. The van der Waals surface area contributed by atoms with Crippen LogP contribution >= 0.6 is 0 Å². The van der Waals surface area contributed by atoms with Crippen molar-refractivity contribution in [2.75, 3.05) is 0 Å². The lowest BCUT2D eigenvalue weighted by molar-refractivity contribution is -0.136. The molecule has 63 heavy (non-hydrogen) atoms. The van der Waals surface area contributed by atoms with E-state index in [0.717, 1.165) is 78.0 Å². The maximum atomic E-state index is 14.3. The molecule has 0 spiro atoms. The first-order valence-electron chi connectivity index (χ1n) is 21.8. The van der Waals surface area contributed by atoms with Gasteiger partial charge in [-0.05, 0) is 78.2 Å². The van der Waals surface area contributed by atoms with Crippen molar-refractivity contribution < 1.29 is 29.0 Å². The van der Waals surface area contributed by atoms with Crippen molar-refractivity contribution in [3.05, 3.63) is 144 Å². The van der Waals surface area contributed by atoms with Crippen molar-refractivity contribution in [1.82, 2.24) is 40.4 Å². The molecule has 4 aromatic carbocycles. The lowest BCUT2D eigenvalue weighted by atomic mass is 10.0. The summed E-state index contributed by atoms with van der Waals surface area (Å²) in [6, 6.07) is 32.6. The Labute approximate surface area is 363 Å². The van der Waals surface area contributed by atoms with Crippen LogP contribution in [0.1, 0.15) is 85.5 Å². The zero-order valence-electron chi connectivity index (χ0n) is 34.3. The molecule has 5 N–H and O–H groups in total. The van der Waals surface area contributed by atoms with Gasteiger partial charge in [-0.1, -0.05) is 109 Å². The standard InChI is InChI=1S/C49H46N8O6/c58-46(42(54-48(60)61)31-7-3-1-4-8-31)56-38-21-33(38)23-40(56)44-50-25-36(52-44)29-15-11-27(12-16-29)28-13-17-30(18-14-28)37-26-51-45(53-37)41-24-34-22-39(34)57(41)47(59)43(32-9-5-2-6-10-32)55-49(62)63-35-19-20-35/h1-18,25-26,33-35,38-43,54H,19-24H2,(H,50,52)(H,51,53)(H,55,62)(H,60,61)/t33-,34+,38-,39-,40+,41+,42-,43-/m1/s1. The number of carbonyl (C=O) groups is 4. The zero-order chi connectivity index (χ0) is 42.8. The van der Waals surface area contributed by atoms with Crippen molar-refractivity contribution in [2.45, 2.75) is 80.9 Å². The highest BCUT2D eigenvalue weighted by atomic mass is 16.6. The molecule has 5 aliphatic rings. The number of piperidine rings is 2. The number of aromatic nitrogens is 4. The monoisotopic (exact) mass is 842 g/mol. The number of likely N-dealkylation sites (tertiary alicyclic amines) is 2. The van der Waals surface area contributed by atoms with Crippen molar-refractivity contribution >= 4 is 24.0 Å². The van der Waals surface area contributed by atoms with Crippen molar-refractivity contribution in [2.24, 2.45) is 11.8 Å². The number of aromatic amines is 2. The van der Waals surface area contributed by atoms with Gasteiger partial charge in [-0.15, -0.1) is 0 Å². The molecule has 8 atom stereocenters. The van der Waals surface area contributed by atoms with Crippen LogP contribution in [0, 0.1) is 11.8 Å². The number of benzene rings is 4. The molecule has 3 aliphatic carbocycles. The molecule has 4 amide bonds. The molecular weight excluding hydrogens is 797 g/mol. The van der Waals surface area contributed by atoms with Crippen molar-refractivity contribution in [3.8, 4) is 33.6 Å². The zero-order valence-corrected chi connectivity index (χ0v) is 34.3. The molecule has 0 bridgehead atoms. The Morgan fingerprint density at radius 1 is 0.651 bits per heavy atom. The van der Waals surface area contributed by atoms with E-state index in [9.17, 15) is 24.3 Å². The molecule has 2 aliphatic heterocycles. The van der Waals surface area contributed by atoms with Crippen LogP contribution in [-0.4, -0.2) is 77.0 Å². The fourth-order valence-corrected chi connectivity index (χ4v) is 9.80. The summed E-state index contributed by atoms with van der Waals surface area (Å²) in [7, 11) is 0. The number of fused-ring (bicyclic) bond motifs is 2. The maximum absolute atomic E-state index is 14.3. The van der Waals surface area contributed by atoms with Crippen LogP contribution in [0.2, 0.25) is 0 Å².